The van der Waals surface area contributed by atoms with Gasteiger partial charge >= 0.3 is 5.97 Å². The molecule has 0 unspecified atom stereocenters. The Labute approximate surface area is 206 Å². The van der Waals surface area contributed by atoms with Gasteiger partial charge in [0.2, 0.25) is 0 Å². The lowest BCUT2D eigenvalue weighted by Gasteiger charge is -2.10. The summed E-state index contributed by atoms with van der Waals surface area (Å²) in [4.78, 5) is 25.1. The quantitative estimate of drug-likeness (QED) is 0.115. The van der Waals surface area contributed by atoms with E-state index in [1.54, 1.807) is 54.6 Å². The number of rotatable bonds is 12. The van der Waals surface area contributed by atoms with Crippen molar-refractivity contribution in [1.82, 2.24) is 0 Å². The lowest BCUT2D eigenvalue weighted by molar-refractivity contribution is 0.0734. The fraction of sp³-hybridized carbons (Fsp3) is 0.310. The van der Waals surface area contributed by atoms with E-state index in [1.807, 2.05) is 19.1 Å². The first kappa shape index (κ1) is 25.5. The van der Waals surface area contributed by atoms with Gasteiger partial charge in [-0.25, -0.2) is 4.79 Å². The zero-order valence-electron chi connectivity index (χ0n) is 19.8. The fourth-order valence-electron chi connectivity index (χ4n) is 3.52. The van der Waals surface area contributed by atoms with Gasteiger partial charge in [0.25, 0.3) is 0 Å². The van der Waals surface area contributed by atoms with Crippen molar-refractivity contribution in [3.05, 3.63) is 94.0 Å². The van der Waals surface area contributed by atoms with Crippen molar-refractivity contribution < 1.29 is 19.1 Å². The van der Waals surface area contributed by atoms with Crippen LogP contribution in [0.1, 0.15) is 77.3 Å². The van der Waals surface area contributed by atoms with E-state index >= 15 is 0 Å². The molecule has 0 heterocycles. The van der Waals surface area contributed by atoms with Crippen molar-refractivity contribution in [1.29, 1.82) is 0 Å². The lowest BCUT2D eigenvalue weighted by Crippen LogP contribution is -2.09. The Morgan fingerprint density at radius 3 is 2.00 bits per heavy atom. The third-order valence-electron chi connectivity index (χ3n) is 5.56. The van der Waals surface area contributed by atoms with E-state index < -0.39 is 5.97 Å². The first-order chi connectivity index (χ1) is 16.5. The minimum atomic E-state index is -0.526. The topological polar surface area (TPSA) is 52.6 Å². The number of halogens is 1. The van der Waals surface area contributed by atoms with Crippen LogP contribution in [0.2, 0.25) is 5.02 Å². The number of carbonyl (C=O) groups is 2. The summed E-state index contributed by atoms with van der Waals surface area (Å²) >= 11 is 6.31. The van der Waals surface area contributed by atoms with E-state index in [0.717, 1.165) is 18.4 Å². The van der Waals surface area contributed by atoms with Gasteiger partial charge < -0.3 is 9.47 Å². The molecule has 4 nitrogen and oxygen atoms in total. The lowest BCUT2D eigenvalue weighted by atomic mass is 10.0. The van der Waals surface area contributed by atoms with Gasteiger partial charge in [0, 0.05) is 11.1 Å². The van der Waals surface area contributed by atoms with Crippen LogP contribution in [-0.2, 0) is 0 Å². The van der Waals surface area contributed by atoms with E-state index in [2.05, 4.69) is 6.92 Å². The van der Waals surface area contributed by atoms with Crippen LogP contribution in [0.4, 0.5) is 0 Å². The fourth-order valence-corrected chi connectivity index (χ4v) is 3.76. The second kappa shape index (κ2) is 13.0. The molecule has 0 aromatic heterocycles. The number of hydrogen-bond acceptors (Lipinski definition) is 4. The van der Waals surface area contributed by atoms with Gasteiger partial charge in [-0.15, -0.1) is 0 Å². The van der Waals surface area contributed by atoms with Crippen LogP contribution in [0, 0.1) is 6.92 Å². The van der Waals surface area contributed by atoms with Crippen LogP contribution >= 0.6 is 11.6 Å². The highest BCUT2D eigenvalue weighted by Crippen LogP contribution is 2.27. The molecule has 3 rings (SSSR count). The average Bonchev–Trinajstić information content (AvgIpc) is 2.84. The Bertz CT molecular complexity index is 1090. The van der Waals surface area contributed by atoms with Crippen molar-refractivity contribution in [2.75, 3.05) is 6.61 Å². The number of aryl methyl sites for hydroxylation is 1. The molecule has 0 saturated carbocycles. The number of carbonyl (C=O) groups excluding carboxylic acids is 2. The number of hydrogen-bond donors (Lipinski definition) is 0. The number of ketones is 1. The summed E-state index contributed by atoms with van der Waals surface area (Å²) in [6, 6.07) is 18.8. The Morgan fingerprint density at radius 2 is 1.35 bits per heavy atom. The molecule has 178 valence electrons. The van der Waals surface area contributed by atoms with Crippen molar-refractivity contribution in [2.24, 2.45) is 0 Å². The molecule has 0 fully saturated rings. The van der Waals surface area contributed by atoms with Gasteiger partial charge in [0.15, 0.2) is 5.78 Å². The largest absolute Gasteiger partial charge is 0.492 e. The molecular formula is C29H31ClO4. The molecule has 0 bridgehead atoms. The normalized spacial score (nSPS) is 10.7. The molecular weight excluding hydrogens is 448 g/mol. The van der Waals surface area contributed by atoms with E-state index in [0.29, 0.717) is 39.8 Å². The first-order valence-corrected chi connectivity index (χ1v) is 12.2. The molecule has 3 aromatic carbocycles. The maximum absolute atomic E-state index is 12.6. The predicted octanol–water partition coefficient (Wildman–Crippen LogP) is 7.84. The molecule has 3 aromatic rings. The van der Waals surface area contributed by atoms with E-state index in [1.165, 1.54) is 25.7 Å². The van der Waals surface area contributed by atoms with Crippen LogP contribution in [-0.4, -0.2) is 18.4 Å². The van der Waals surface area contributed by atoms with Crippen LogP contribution in [0.15, 0.2) is 66.7 Å². The van der Waals surface area contributed by atoms with Gasteiger partial charge in [0.05, 0.1) is 17.2 Å². The van der Waals surface area contributed by atoms with Crippen molar-refractivity contribution in [3.8, 4) is 11.5 Å². The summed E-state index contributed by atoms with van der Waals surface area (Å²) in [7, 11) is 0. The second-order valence-corrected chi connectivity index (χ2v) is 8.78. The molecule has 0 radical (unpaired) electrons. The van der Waals surface area contributed by atoms with E-state index in [9.17, 15) is 9.59 Å². The van der Waals surface area contributed by atoms with E-state index in [-0.39, 0.29) is 5.78 Å². The zero-order chi connectivity index (χ0) is 24.3. The van der Waals surface area contributed by atoms with Gasteiger partial charge in [-0.1, -0.05) is 80.5 Å². The Morgan fingerprint density at radius 1 is 0.765 bits per heavy atom. The summed E-state index contributed by atoms with van der Waals surface area (Å²) in [6.07, 6.45) is 7.11. The Balaban J connectivity index is 1.52. The number of benzene rings is 3. The van der Waals surface area contributed by atoms with E-state index in [4.69, 9.17) is 21.1 Å². The number of unbranched alkanes of at least 4 members (excludes halogenated alkanes) is 5. The molecule has 34 heavy (non-hydrogen) atoms. The molecule has 5 heteroatoms. The Hall–Kier alpha value is -3.11. The SMILES string of the molecule is CCCCCCCCOc1ccc(C(=O)Oc2ccc(C(=O)c3ccc(C)cc3)cc2)cc1Cl. The molecule has 0 saturated heterocycles. The van der Waals surface area contributed by atoms with Gasteiger partial charge in [-0.05, 0) is 55.8 Å². The van der Waals surface area contributed by atoms with Gasteiger partial charge in [0.1, 0.15) is 11.5 Å². The summed E-state index contributed by atoms with van der Waals surface area (Å²) < 4.78 is 11.2. The molecule has 0 atom stereocenters. The first-order valence-electron chi connectivity index (χ1n) is 11.8. The van der Waals surface area contributed by atoms with Gasteiger partial charge in [-0.3, -0.25) is 4.79 Å². The number of esters is 1. The molecule has 0 amide bonds. The third kappa shape index (κ3) is 7.46. The summed E-state index contributed by atoms with van der Waals surface area (Å²) in [5.74, 6) is 0.305. The summed E-state index contributed by atoms with van der Waals surface area (Å²) in [5, 5.41) is 0.375. The van der Waals surface area contributed by atoms with Gasteiger partial charge in [-0.2, -0.15) is 0 Å². The number of ether oxygens (including phenoxy) is 2. The summed E-state index contributed by atoms with van der Waals surface area (Å²) in [5.41, 5.74) is 2.57. The average molecular weight is 479 g/mol. The Kier molecular flexibility index (Phi) is 9.72. The predicted molar refractivity (Wildman–Crippen MR) is 136 cm³/mol. The molecule has 0 spiro atoms. The van der Waals surface area contributed by atoms with Crippen molar-refractivity contribution in [3.63, 3.8) is 0 Å². The third-order valence-corrected chi connectivity index (χ3v) is 5.86. The monoisotopic (exact) mass is 478 g/mol. The highest BCUT2D eigenvalue weighted by Gasteiger charge is 2.13. The molecule has 0 aliphatic rings. The zero-order valence-corrected chi connectivity index (χ0v) is 20.6. The van der Waals surface area contributed by atoms with Crippen molar-refractivity contribution >= 4 is 23.4 Å². The van der Waals surface area contributed by atoms with Crippen molar-refractivity contribution in [2.45, 2.75) is 52.4 Å². The summed E-state index contributed by atoms with van der Waals surface area (Å²) in [6.45, 7) is 4.78. The smallest absolute Gasteiger partial charge is 0.343 e. The molecule has 0 aliphatic heterocycles. The molecule has 0 aliphatic carbocycles. The highest BCUT2D eigenvalue weighted by atomic mass is 35.5. The standard InChI is InChI=1S/C29H31ClO4/c1-3-4-5-6-7-8-19-33-27-18-15-24(20-26(27)30)29(32)34-25-16-13-23(14-17-25)28(31)22-11-9-21(2)10-12-22/h9-18,20H,3-8,19H2,1-2H3. The molecule has 0 N–H and O–H groups in total. The van der Waals surface area contributed by atoms with Crippen LogP contribution in [0.25, 0.3) is 0 Å². The maximum Gasteiger partial charge on any atom is 0.343 e. The maximum atomic E-state index is 12.6. The van der Waals surface area contributed by atoms with Crippen LogP contribution in [0.5, 0.6) is 11.5 Å². The van der Waals surface area contributed by atoms with Crippen LogP contribution < -0.4 is 9.47 Å². The minimum absolute atomic E-state index is 0.0822. The van der Waals surface area contributed by atoms with Crippen LogP contribution in [0.3, 0.4) is 0 Å². The second-order valence-electron chi connectivity index (χ2n) is 8.37. The highest BCUT2D eigenvalue weighted by molar-refractivity contribution is 6.32. The minimum Gasteiger partial charge on any atom is -0.492 e.